The van der Waals surface area contributed by atoms with E-state index in [1.165, 1.54) is 0 Å². The summed E-state index contributed by atoms with van der Waals surface area (Å²) in [6.07, 6.45) is 0. The van der Waals surface area contributed by atoms with Gasteiger partial charge in [-0.3, -0.25) is 0 Å². The second-order valence-corrected chi connectivity index (χ2v) is 3.26. The van der Waals surface area contributed by atoms with Crippen molar-refractivity contribution in [1.82, 2.24) is 5.16 Å². The van der Waals surface area contributed by atoms with Crippen LogP contribution in [-0.4, -0.2) is 10.3 Å². The molecule has 0 aliphatic heterocycles. The molecule has 4 heteroatoms. The van der Waals surface area contributed by atoms with E-state index in [1.54, 1.807) is 17.4 Å². The maximum atomic E-state index is 8.72. The standard InChI is InChI=1S/C8H7NO2S/c10-5-6-4-7(9-11-6)8-2-1-3-12-8/h1-4,10H,5H2. The molecule has 1 N–H and O–H groups in total. The van der Waals surface area contributed by atoms with E-state index >= 15 is 0 Å². The third kappa shape index (κ3) is 1.26. The summed E-state index contributed by atoms with van der Waals surface area (Å²) in [5, 5.41) is 14.5. The molecule has 0 unspecified atom stereocenters. The summed E-state index contributed by atoms with van der Waals surface area (Å²) in [6, 6.07) is 5.66. The van der Waals surface area contributed by atoms with Crippen LogP contribution in [0.4, 0.5) is 0 Å². The Morgan fingerprint density at radius 2 is 2.50 bits per heavy atom. The number of rotatable bonds is 2. The Hall–Kier alpha value is -1.13. The second-order valence-electron chi connectivity index (χ2n) is 2.31. The first-order valence-electron chi connectivity index (χ1n) is 3.50. The Morgan fingerprint density at radius 1 is 1.58 bits per heavy atom. The van der Waals surface area contributed by atoms with Crippen LogP contribution in [0.5, 0.6) is 0 Å². The van der Waals surface area contributed by atoms with Crippen LogP contribution in [-0.2, 0) is 6.61 Å². The first kappa shape index (κ1) is 7.52. The van der Waals surface area contributed by atoms with Crippen molar-refractivity contribution < 1.29 is 9.63 Å². The molecule has 0 saturated carbocycles. The lowest BCUT2D eigenvalue weighted by atomic mass is 10.3. The maximum absolute atomic E-state index is 8.72. The van der Waals surface area contributed by atoms with Crippen molar-refractivity contribution in [3.63, 3.8) is 0 Å². The summed E-state index contributed by atoms with van der Waals surface area (Å²) < 4.78 is 4.84. The van der Waals surface area contributed by atoms with E-state index in [0.29, 0.717) is 5.76 Å². The normalized spacial score (nSPS) is 10.4. The van der Waals surface area contributed by atoms with Crippen molar-refractivity contribution in [1.29, 1.82) is 0 Å². The summed E-state index contributed by atoms with van der Waals surface area (Å²) in [6.45, 7) is -0.0988. The molecule has 0 atom stereocenters. The van der Waals surface area contributed by atoms with E-state index in [0.717, 1.165) is 10.6 Å². The largest absolute Gasteiger partial charge is 0.388 e. The number of aliphatic hydroxyl groups is 1. The molecule has 0 fully saturated rings. The summed E-state index contributed by atoms with van der Waals surface area (Å²) in [7, 11) is 0. The number of aliphatic hydroxyl groups excluding tert-OH is 1. The van der Waals surface area contributed by atoms with E-state index in [2.05, 4.69) is 5.16 Å². The minimum atomic E-state index is -0.0988. The van der Waals surface area contributed by atoms with Crippen molar-refractivity contribution in [2.45, 2.75) is 6.61 Å². The zero-order valence-corrected chi connectivity index (χ0v) is 7.04. The highest BCUT2D eigenvalue weighted by molar-refractivity contribution is 7.13. The quantitative estimate of drug-likeness (QED) is 0.769. The highest BCUT2D eigenvalue weighted by Gasteiger charge is 2.05. The van der Waals surface area contributed by atoms with Gasteiger partial charge in [0.1, 0.15) is 12.3 Å². The minimum absolute atomic E-state index is 0.0988. The lowest BCUT2D eigenvalue weighted by molar-refractivity contribution is 0.229. The van der Waals surface area contributed by atoms with Crippen molar-refractivity contribution in [2.24, 2.45) is 0 Å². The Balaban J connectivity index is 2.35. The molecule has 0 spiro atoms. The van der Waals surface area contributed by atoms with Gasteiger partial charge < -0.3 is 9.63 Å². The van der Waals surface area contributed by atoms with Crippen LogP contribution >= 0.6 is 11.3 Å². The maximum Gasteiger partial charge on any atom is 0.162 e. The lowest BCUT2D eigenvalue weighted by Crippen LogP contribution is -1.73. The van der Waals surface area contributed by atoms with Gasteiger partial charge in [0.2, 0.25) is 0 Å². The van der Waals surface area contributed by atoms with E-state index < -0.39 is 0 Å². The van der Waals surface area contributed by atoms with Gasteiger partial charge in [-0.15, -0.1) is 11.3 Å². The molecule has 0 radical (unpaired) electrons. The van der Waals surface area contributed by atoms with Crippen LogP contribution in [0.1, 0.15) is 5.76 Å². The van der Waals surface area contributed by atoms with Crippen molar-refractivity contribution in [3.8, 4) is 10.6 Å². The van der Waals surface area contributed by atoms with Gasteiger partial charge >= 0.3 is 0 Å². The van der Waals surface area contributed by atoms with Gasteiger partial charge in [0.15, 0.2) is 5.76 Å². The van der Waals surface area contributed by atoms with Crippen molar-refractivity contribution in [3.05, 3.63) is 29.3 Å². The zero-order chi connectivity index (χ0) is 8.39. The fraction of sp³-hybridized carbons (Fsp3) is 0.125. The number of hydrogen-bond acceptors (Lipinski definition) is 4. The predicted octanol–water partition coefficient (Wildman–Crippen LogP) is 1.90. The van der Waals surface area contributed by atoms with Crippen LogP contribution < -0.4 is 0 Å². The molecule has 0 aliphatic carbocycles. The van der Waals surface area contributed by atoms with Crippen LogP contribution in [0.15, 0.2) is 28.1 Å². The molecule has 12 heavy (non-hydrogen) atoms. The van der Waals surface area contributed by atoms with Crippen molar-refractivity contribution in [2.75, 3.05) is 0 Å². The third-order valence-corrected chi connectivity index (χ3v) is 2.38. The molecule has 2 heterocycles. The Kier molecular flexibility index (Phi) is 1.93. The zero-order valence-electron chi connectivity index (χ0n) is 6.23. The number of nitrogens with zero attached hydrogens (tertiary/aromatic N) is 1. The highest BCUT2D eigenvalue weighted by atomic mass is 32.1. The van der Waals surface area contributed by atoms with Gasteiger partial charge in [-0.2, -0.15) is 0 Å². The molecule has 62 valence electrons. The fourth-order valence-corrected chi connectivity index (χ4v) is 1.61. The smallest absolute Gasteiger partial charge is 0.162 e. The van der Waals surface area contributed by atoms with Crippen LogP contribution in [0.25, 0.3) is 10.6 Å². The number of aromatic nitrogens is 1. The molecular formula is C8H7NO2S. The molecule has 0 aromatic carbocycles. The monoisotopic (exact) mass is 181 g/mol. The molecule has 2 rings (SSSR count). The second kappa shape index (κ2) is 3.08. The molecule has 0 aliphatic rings. The number of thiophene rings is 1. The lowest BCUT2D eigenvalue weighted by Gasteiger charge is -1.82. The first-order valence-corrected chi connectivity index (χ1v) is 4.38. The average Bonchev–Trinajstić information content (AvgIpc) is 2.75. The summed E-state index contributed by atoms with van der Waals surface area (Å²) in [5.74, 6) is 0.499. The van der Waals surface area contributed by atoms with Gasteiger partial charge in [-0.05, 0) is 11.4 Å². The molecular weight excluding hydrogens is 174 g/mol. The van der Waals surface area contributed by atoms with Gasteiger partial charge in [0.25, 0.3) is 0 Å². The molecule has 0 amide bonds. The molecule has 3 nitrogen and oxygen atoms in total. The van der Waals surface area contributed by atoms with Gasteiger partial charge in [0, 0.05) is 6.07 Å². The third-order valence-electron chi connectivity index (χ3n) is 1.49. The van der Waals surface area contributed by atoms with Crippen molar-refractivity contribution >= 4 is 11.3 Å². The molecule has 2 aromatic heterocycles. The van der Waals surface area contributed by atoms with Gasteiger partial charge in [0.05, 0.1) is 4.88 Å². The molecule has 0 bridgehead atoms. The minimum Gasteiger partial charge on any atom is -0.388 e. The first-order chi connectivity index (χ1) is 5.90. The van der Waals surface area contributed by atoms with Crippen LogP contribution in [0.3, 0.4) is 0 Å². The SMILES string of the molecule is OCc1cc(-c2cccs2)no1. The topological polar surface area (TPSA) is 46.3 Å². The van der Waals surface area contributed by atoms with E-state index in [1.807, 2.05) is 17.5 Å². The van der Waals surface area contributed by atoms with Crippen LogP contribution in [0.2, 0.25) is 0 Å². The number of hydrogen-bond donors (Lipinski definition) is 1. The molecule has 2 aromatic rings. The summed E-state index contributed by atoms with van der Waals surface area (Å²) in [4.78, 5) is 1.05. The van der Waals surface area contributed by atoms with E-state index in [-0.39, 0.29) is 6.61 Å². The average molecular weight is 181 g/mol. The molecule has 0 saturated heterocycles. The van der Waals surface area contributed by atoms with Gasteiger partial charge in [-0.1, -0.05) is 11.2 Å². The fourth-order valence-electron chi connectivity index (χ4n) is 0.928. The van der Waals surface area contributed by atoms with E-state index in [4.69, 9.17) is 9.63 Å². The Bertz CT molecular complexity index is 353. The predicted molar refractivity (Wildman–Crippen MR) is 45.7 cm³/mol. The Labute approximate surface area is 73.3 Å². The van der Waals surface area contributed by atoms with Crippen LogP contribution in [0, 0.1) is 0 Å². The summed E-state index contributed by atoms with van der Waals surface area (Å²) in [5.41, 5.74) is 0.786. The van der Waals surface area contributed by atoms with Gasteiger partial charge in [-0.25, -0.2) is 0 Å². The highest BCUT2D eigenvalue weighted by Crippen LogP contribution is 2.23. The summed E-state index contributed by atoms with van der Waals surface area (Å²) >= 11 is 1.60. The van der Waals surface area contributed by atoms with E-state index in [9.17, 15) is 0 Å². The Morgan fingerprint density at radius 3 is 3.08 bits per heavy atom.